The molecule has 1 fully saturated rings. The first kappa shape index (κ1) is 21.6. The van der Waals surface area contributed by atoms with Crippen molar-refractivity contribution in [2.45, 2.75) is 13.3 Å². The number of rotatable bonds is 5. The van der Waals surface area contributed by atoms with E-state index in [1.54, 1.807) is 0 Å². The van der Waals surface area contributed by atoms with Crippen LogP contribution in [0.3, 0.4) is 0 Å². The second kappa shape index (κ2) is 9.71. The fourth-order valence-corrected chi connectivity index (χ4v) is 5.20. The minimum Gasteiger partial charge on any atom is -0.493 e. The van der Waals surface area contributed by atoms with Gasteiger partial charge in [-0.15, -0.1) is 0 Å². The van der Waals surface area contributed by atoms with Crippen molar-refractivity contribution in [2.75, 3.05) is 37.7 Å². The molecule has 3 aromatic carbocycles. The molecule has 0 unspecified atom stereocenters. The minimum absolute atomic E-state index is 0.170. The van der Waals surface area contributed by atoms with E-state index < -0.39 is 0 Å². The van der Waals surface area contributed by atoms with Crippen LogP contribution in [0.1, 0.15) is 18.9 Å². The Morgan fingerprint density at radius 2 is 1.67 bits per heavy atom. The van der Waals surface area contributed by atoms with Crippen LogP contribution in [0.2, 0.25) is 0 Å². The highest BCUT2D eigenvalue weighted by Gasteiger charge is 2.29. The summed E-state index contributed by atoms with van der Waals surface area (Å²) in [7, 11) is 0. The number of thioether (sulfide) groups is 1. The molecule has 3 aromatic rings. The van der Waals surface area contributed by atoms with Crippen LogP contribution in [-0.4, -0.2) is 48.8 Å². The van der Waals surface area contributed by atoms with E-state index in [0.29, 0.717) is 11.5 Å². The van der Waals surface area contributed by atoms with E-state index in [1.807, 2.05) is 30.3 Å². The molecular formula is C27H27N3O2S. The standard InChI is InChI=1S/C27H27N3O2S/c1-2-18-32-24-13-6-4-9-21(24)19-25-26(31)28-27(33-25)30-16-14-29(15-17-30)23-12-7-10-20-8-3-5-11-22(20)23/h3-13,19H,2,14-18H2,1H3. The van der Waals surface area contributed by atoms with E-state index in [-0.39, 0.29) is 5.91 Å². The molecule has 168 valence electrons. The van der Waals surface area contributed by atoms with Gasteiger partial charge < -0.3 is 14.5 Å². The van der Waals surface area contributed by atoms with E-state index in [1.165, 1.54) is 28.2 Å². The second-order valence-corrected chi connectivity index (χ2v) is 9.18. The van der Waals surface area contributed by atoms with Crippen molar-refractivity contribution in [1.82, 2.24) is 4.90 Å². The molecular weight excluding hydrogens is 430 g/mol. The minimum atomic E-state index is -0.170. The predicted molar refractivity (Wildman–Crippen MR) is 138 cm³/mol. The average Bonchev–Trinajstić information content (AvgIpc) is 3.23. The molecule has 2 aliphatic rings. The lowest BCUT2D eigenvalue weighted by Crippen LogP contribution is -2.47. The van der Waals surface area contributed by atoms with Gasteiger partial charge in [-0.1, -0.05) is 61.5 Å². The number of aliphatic imine (C=N–C) groups is 1. The number of amidine groups is 1. The third kappa shape index (κ3) is 4.62. The van der Waals surface area contributed by atoms with E-state index in [2.05, 4.69) is 64.2 Å². The van der Waals surface area contributed by atoms with Crippen LogP contribution in [-0.2, 0) is 4.79 Å². The highest BCUT2D eigenvalue weighted by atomic mass is 32.2. The zero-order chi connectivity index (χ0) is 22.6. The van der Waals surface area contributed by atoms with Gasteiger partial charge in [0.25, 0.3) is 5.91 Å². The molecule has 1 amide bonds. The Bertz CT molecular complexity index is 1220. The van der Waals surface area contributed by atoms with Crippen LogP contribution in [0.5, 0.6) is 5.75 Å². The highest BCUT2D eigenvalue weighted by molar-refractivity contribution is 8.18. The van der Waals surface area contributed by atoms with Gasteiger partial charge in [0, 0.05) is 42.8 Å². The molecule has 2 aliphatic heterocycles. The number of benzene rings is 3. The van der Waals surface area contributed by atoms with Crippen LogP contribution >= 0.6 is 11.8 Å². The van der Waals surface area contributed by atoms with Gasteiger partial charge in [0.1, 0.15) is 5.75 Å². The molecule has 5 rings (SSSR count). The third-order valence-electron chi connectivity index (χ3n) is 5.93. The molecule has 0 aliphatic carbocycles. The van der Waals surface area contributed by atoms with Crippen LogP contribution in [0, 0.1) is 0 Å². The second-order valence-electron chi connectivity index (χ2n) is 8.17. The van der Waals surface area contributed by atoms with Gasteiger partial charge in [0.15, 0.2) is 5.17 Å². The number of piperazine rings is 1. The molecule has 0 spiro atoms. The molecule has 0 bridgehead atoms. The van der Waals surface area contributed by atoms with Crippen molar-refractivity contribution in [3.8, 4) is 5.75 Å². The van der Waals surface area contributed by atoms with E-state index in [4.69, 9.17) is 4.74 Å². The van der Waals surface area contributed by atoms with Crippen LogP contribution in [0.25, 0.3) is 16.8 Å². The molecule has 0 aromatic heterocycles. The summed E-state index contributed by atoms with van der Waals surface area (Å²) in [6, 6.07) is 22.8. The maximum absolute atomic E-state index is 12.6. The zero-order valence-corrected chi connectivity index (χ0v) is 19.6. The Hall–Kier alpha value is -3.25. The predicted octanol–water partition coefficient (Wildman–Crippen LogP) is 5.42. The van der Waals surface area contributed by atoms with Gasteiger partial charge in [0.05, 0.1) is 11.5 Å². The van der Waals surface area contributed by atoms with E-state index in [9.17, 15) is 4.79 Å². The number of ether oxygens (including phenoxy) is 1. The number of para-hydroxylation sites is 1. The number of anilines is 1. The van der Waals surface area contributed by atoms with Gasteiger partial charge >= 0.3 is 0 Å². The summed E-state index contributed by atoms with van der Waals surface area (Å²) in [6.45, 7) is 6.21. The van der Waals surface area contributed by atoms with Crippen molar-refractivity contribution in [1.29, 1.82) is 0 Å². The maximum atomic E-state index is 12.6. The lowest BCUT2D eigenvalue weighted by atomic mass is 10.1. The molecule has 6 heteroatoms. The summed E-state index contributed by atoms with van der Waals surface area (Å²) in [5.41, 5.74) is 2.19. The first-order valence-corrected chi connectivity index (χ1v) is 12.3. The van der Waals surface area contributed by atoms with Gasteiger partial charge in [-0.3, -0.25) is 4.79 Å². The molecule has 1 saturated heterocycles. The van der Waals surface area contributed by atoms with Crippen molar-refractivity contribution in [2.24, 2.45) is 4.99 Å². The first-order chi connectivity index (χ1) is 16.2. The number of hydrogen-bond donors (Lipinski definition) is 0. The smallest absolute Gasteiger partial charge is 0.286 e. The number of carbonyl (C=O) groups excluding carboxylic acids is 1. The van der Waals surface area contributed by atoms with Crippen molar-refractivity contribution in [3.05, 3.63) is 77.2 Å². The number of nitrogens with zero attached hydrogens (tertiary/aromatic N) is 3. The van der Waals surface area contributed by atoms with E-state index >= 15 is 0 Å². The maximum Gasteiger partial charge on any atom is 0.286 e. The van der Waals surface area contributed by atoms with Crippen LogP contribution < -0.4 is 9.64 Å². The number of carbonyl (C=O) groups is 1. The molecule has 33 heavy (non-hydrogen) atoms. The Balaban J connectivity index is 1.27. The van der Waals surface area contributed by atoms with Gasteiger partial charge in [-0.2, -0.15) is 4.99 Å². The molecule has 0 saturated carbocycles. The highest BCUT2D eigenvalue weighted by Crippen LogP contribution is 2.34. The van der Waals surface area contributed by atoms with Gasteiger partial charge in [-0.25, -0.2) is 0 Å². The average molecular weight is 458 g/mol. The quantitative estimate of drug-likeness (QED) is 0.479. The first-order valence-electron chi connectivity index (χ1n) is 11.4. The molecule has 0 N–H and O–H groups in total. The van der Waals surface area contributed by atoms with E-state index in [0.717, 1.165) is 49.1 Å². The van der Waals surface area contributed by atoms with Crippen LogP contribution in [0.4, 0.5) is 5.69 Å². The molecule has 0 radical (unpaired) electrons. The topological polar surface area (TPSA) is 45.1 Å². The number of hydrogen-bond acceptors (Lipinski definition) is 5. The largest absolute Gasteiger partial charge is 0.493 e. The monoisotopic (exact) mass is 457 g/mol. The Morgan fingerprint density at radius 1 is 0.939 bits per heavy atom. The summed E-state index contributed by atoms with van der Waals surface area (Å²) in [6.07, 6.45) is 2.84. The fraction of sp³-hybridized carbons (Fsp3) is 0.259. The Labute approximate surface area is 198 Å². The SMILES string of the molecule is CCCOc1ccccc1C=C1SC(N2CCN(c3cccc4ccccc34)CC2)=NC1=O. The normalized spacial score (nSPS) is 17.7. The van der Waals surface area contributed by atoms with Crippen molar-refractivity contribution < 1.29 is 9.53 Å². The molecule has 2 heterocycles. The fourth-order valence-electron chi connectivity index (χ4n) is 4.24. The lowest BCUT2D eigenvalue weighted by Gasteiger charge is -2.37. The van der Waals surface area contributed by atoms with Gasteiger partial charge in [0.2, 0.25) is 0 Å². The number of fused-ring (bicyclic) bond motifs is 1. The Kier molecular flexibility index (Phi) is 6.35. The summed E-state index contributed by atoms with van der Waals surface area (Å²) in [5.74, 6) is 0.633. The summed E-state index contributed by atoms with van der Waals surface area (Å²) >= 11 is 1.47. The zero-order valence-electron chi connectivity index (χ0n) is 18.7. The molecule has 5 nitrogen and oxygen atoms in total. The number of amides is 1. The third-order valence-corrected chi connectivity index (χ3v) is 6.98. The Morgan fingerprint density at radius 3 is 2.52 bits per heavy atom. The van der Waals surface area contributed by atoms with Crippen LogP contribution in [0.15, 0.2) is 76.6 Å². The van der Waals surface area contributed by atoms with Crippen molar-refractivity contribution in [3.63, 3.8) is 0 Å². The lowest BCUT2D eigenvalue weighted by molar-refractivity contribution is -0.113. The summed E-state index contributed by atoms with van der Waals surface area (Å²) in [5, 5.41) is 3.35. The molecule has 0 atom stereocenters. The van der Waals surface area contributed by atoms with Crippen molar-refractivity contribution >= 4 is 45.4 Å². The van der Waals surface area contributed by atoms with Gasteiger partial charge in [-0.05, 0) is 41.8 Å². The summed E-state index contributed by atoms with van der Waals surface area (Å²) in [4.78, 5) is 22.3. The summed E-state index contributed by atoms with van der Waals surface area (Å²) < 4.78 is 5.84.